The molecule has 0 radical (unpaired) electrons. The third kappa shape index (κ3) is 4.78. The van der Waals surface area contributed by atoms with Crippen LogP contribution in [0.15, 0.2) is 23.0 Å². The van der Waals surface area contributed by atoms with Gasteiger partial charge in [0.1, 0.15) is 23.6 Å². The Kier molecular flexibility index (Phi) is 8.36. The van der Waals surface area contributed by atoms with Crippen molar-refractivity contribution in [1.82, 2.24) is 0 Å². The quantitative estimate of drug-likeness (QED) is 0.311. The van der Waals surface area contributed by atoms with Crippen LogP contribution in [0.25, 0.3) is 0 Å². The van der Waals surface area contributed by atoms with E-state index in [2.05, 4.69) is 0 Å². The lowest BCUT2D eigenvalue weighted by Gasteiger charge is -2.69. The van der Waals surface area contributed by atoms with Crippen molar-refractivity contribution in [3.05, 3.63) is 24.2 Å². The number of furan rings is 1. The standard InChI is InChI=1S/C34H48O11/c1-9-16(2)25(39)30(41)44-29-26(40)28-33(7)21(31(4,5)45-24(38)14-23(33)43-17(3)35)13-22(37)34(28,8)27-20(36)12-19(32(27,29)6)18-10-11-42-15-18/h10-11,15-16,19,21-23,25-29,37,39-40H,9,12-14H2,1-8H3/t16-,19+,21+,22-,23+,25+,26-,27-,28-,29+,32+,33-,34+/m1/s1. The molecule has 0 bridgehead atoms. The van der Waals surface area contributed by atoms with Crippen molar-refractivity contribution >= 4 is 23.7 Å². The number of carbonyl (C=O) groups is 4. The summed E-state index contributed by atoms with van der Waals surface area (Å²) in [5, 5.41) is 35.8. The van der Waals surface area contributed by atoms with E-state index in [0.29, 0.717) is 12.0 Å². The monoisotopic (exact) mass is 632 g/mol. The number of aliphatic hydroxyl groups excluding tert-OH is 3. The number of hydrogen-bond acceptors (Lipinski definition) is 11. The lowest BCUT2D eigenvalue weighted by atomic mass is 9.36. The van der Waals surface area contributed by atoms with Crippen LogP contribution in [0, 0.1) is 39.9 Å². The number of esters is 3. The molecule has 3 saturated carbocycles. The number of carbonyl (C=O) groups excluding carboxylic acids is 4. The van der Waals surface area contributed by atoms with Crippen LogP contribution >= 0.6 is 0 Å². The van der Waals surface area contributed by atoms with Gasteiger partial charge in [-0.3, -0.25) is 14.4 Å². The molecule has 250 valence electrons. The van der Waals surface area contributed by atoms with Crippen LogP contribution in [0.1, 0.15) is 92.6 Å². The second-order valence-corrected chi connectivity index (χ2v) is 15.2. The molecule has 13 atom stereocenters. The molecule has 3 N–H and O–H groups in total. The maximum absolute atomic E-state index is 14.3. The second-order valence-electron chi connectivity index (χ2n) is 15.2. The van der Waals surface area contributed by atoms with E-state index < -0.39 is 99.9 Å². The number of hydrogen-bond donors (Lipinski definition) is 3. The van der Waals surface area contributed by atoms with Gasteiger partial charge in [0.15, 0.2) is 6.10 Å². The fraction of sp³-hybridized carbons (Fsp3) is 0.765. The van der Waals surface area contributed by atoms with Crippen LogP contribution in [0.2, 0.25) is 0 Å². The predicted octanol–water partition coefficient (Wildman–Crippen LogP) is 3.32. The van der Waals surface area contributed by atoms with Gasteiger partial charge in [-0.05, 0) is 37.8 Å². The molecule has 3 aliphatic carbocycles. The van der Waals surface area contributed by atoms with Gasteiger partial charge in [0, 0.05) is 53.3 Å². The Bertz CT molecular complexity index is 1340. The Labute approximate surface area is 264 Å². The molecule has 0 unspecified atom stereocenters. The van der Waals surface area contributed by atoms with Gasteiger partial charge in [-0.2, -0.15) is 0 Å². The second kappa shape index (κ2) is 11.2. The van der Waals surface area contributed by atoms with E-state index in [-0.39, 0.29) is 25.0 Å². The lowest BCUT2D eigenvalue weighted by Crippen LogP contribution is -2.75. The Morgan fingerprint density at radius 1 is 1.04 bits per heavy atom. The zero-order chi connectivity index (χ0) is 33.4. The summed E-state index contributed by atoms with van der Waals surface area (Å²) in [4.78, 5) is 53.5. The van der Waals surface area contributed by atoms with Crippen LogP contribution in [-0.2, 0) is 33.4 Å². The van der Waals surface area contributed by atoms with Crippen molar-refractivity contribution < 1.29 is 53.1 Å². The van der Waals surface area contributed by atoms with E-state index in [4.69, 9.17) is 18.6 Å². The molecule has 0 aromatic carbocycles. The van der Waals surface area contributed by atoms with Gasteiger partial charge in [0.2, 0.25) is 0 Å². The molecule has 4 aliphatic rings. The largest absolute Gasteiger partial charge is 0.472 e. The molecule has 1 aliphatic heterocycles. The summed E-state index contributed by atoms with van der Waals surface area (Å²) in [5.74, 6) is -5.86. The Hall–Kier alpha value is -2.76. The van der Waals surface area contributed by atoms with Crippen molar-refractivity contribution in [2.75, 3.05) is 0 Å². The van der Waals surface area contributed by atoms with E-state index in [1.165, 1.54) is 19.5 Å². The molecule has 5 rings (SSSR count). The average Bonchev–Trinajstić information content (AvgIpc) is 3.55. The number of rotatable bonds is 6. The van der Waals surface area contributed by atoms with Gasteiger partial charge in [0.25, 0.3) is 0 Å². The first-order valence-electron chi connectivity index (χ1n) is 16.0. The highest BCUT2D eigenvalue weighted by Crippen LogP contribution is 2.73. The maximum Gasteiger partial charge on any atom is 0.335 e. The van der Waals surface area contributed by atoms with E-state index in [1.807, 2.05) is 13.8 Å². The van der Waals surface area contributed by atoms with E-state index >= 15 is 0 Å². The third-order valence-electron chi connectivity index (χ3n) is 12.4. The van der Waals surface area contributed by atoms with E-state index in [9.17, 15) is 34.5 Å². The molecule has 11 heteroatoms. The highest BCUT2D eigenvalue weighted by Gasteiger charge is 2.79. The number of fused-ring (bicyclic) bond motifs is 5. The molecular formula is C34H48O11. The molecular weight excluding hydrogens is 584 g/mol. The van der Waals surface area contributed by atoms with Gasteiger partial charge in [-0.25, -0.2) is 4.79 Å². The van der Waals surface area contributed by atoms with Crippen LogP contribution in [0.5, 0.6) is 0 Å². The molecule has 4 fully saturated rings. The summed E-state index contributed by atoms with van der Waals surface area (Å²) in [5.41, 5.74) is -4.24. The highest BCUT2D eigenvalue weighted by molar-refractivity contribution is 5.88. The van der Waals surface area contributed by atoms with E-state index in [1.54, 1.807) is 40.7 Å². The summed E-state index contributed by atoms with van der Waals surface area (Å²) in [6, 6.07) is 1.74. The molecule has 0 amide bonds. The molecule has 1 aromatic heterocycles. The summed E-state index contributed by atoms with van der Waals surface area (Å²) < 4.78 is 23.3. The number of ether oxygens (including phenoxy) is 3. The normalized spacial score (nSPS) is 43.5. The molecule has 1 aromatic rings. The summed E-state index contributed by atoms with van der Waals surface area (Å²) in [6.07, 6.45) is -3.15. The van der Waals surface area contributed by atoms with Crippen molar-refractivity contribution in [2.24, 2.45) is 39.9 Å². The fourth-order valence-corrected chi connectivity index (χ4v) is 10.3. The van der Waals surface area contributed by atoms with Gasteiger partial charge >= 0.3 is 17.9 Å². The topological polar surface area (TPSA) is 170 Å². The van der Waals surface area contributed by atoms with Crippen molar-refractivity contribution in [1.29, 1.82) is 0 Å². The van der Waals surface area contributed by atoms with Crippen molar-refractivity contribution in [3.8, 4) is 0 Å². The molecule has 2 heterocycles. The number of aliphatic hydroxyl groups is 3. The molecule has 1 saturated heterocycles. The van der Waals surface area contributed by atoms with Crippen LogP contribution in [0.3, 0.4) is 0 Å². The van der Waals surface area contributed by atoms with Crippen molar-refractivity contribution in [2.45, 2.75) is 123 Å². The average molecular weight is 633 g/mol. The lowest BCUT2D eigenvalue weighted by molar-refractivity contribution is -0.302. The summed E-state index contributed by atoms with van der Waals surface area (Å²) in [6.45, 7) is 13.6. The smallest absolute Gasteiger partial charge is 0.335 e. The zero-order valence-corrected chi connectivity index (χ0v) is 27.4. The van der Waals surface area contributed by atoms with Crippen LogP contribution < -0.4 is 0 Å². The summed E-state index contributed by atoms with van der Waals surface area (Å²) in [7, 11) is 0. The molecule has 45 heavy (non-hydrogen) atoms. The van der Waals surface area contributed by atoms with Crippen molar-refractivity contribution in [3.63, 3.8) is 0 Å². The predicted molar refractivity (Wildman–Crippen MR) is 158 cm³/mol. The number of ketones is 1. The Balaban J connectivity index is 1.76. The first-order chi connectivity index (χ1) is 20.9. The highest BCUT2D eigenvalue weighted by atomic mass is 16.6. The minimum atomic E-state index is -1.51. The van der Waals surface area contributed by atoms with Gasteiger partial charge < -0.3 is 33.9 Å². The number of cyclic esters (lactones) is 1. The maximum atomic E-state index is 14.3. The number of Topliss-reactive ketones (excluding diaryl/α,β-unsaturated/α-hetero) is 1. The van der Waals surface area contributed by atoms with Gasteiger partial charge in [-0.15, -0.1) is 0 Å². The minimum Gasteiger partial charge on any atom is -0.472 e. The van der Waals surface area contributed by atoms with Crippen LogP contribution in [-0.4, -0.2) is 75.1 Å². The zero-order valence-electron chi connectivity index (χ0n) is 27.4. The first-order valence-corrected chi connectivity index (χ1v) is 16.0. The Morgan fingerprint density at radius 3 is 2.29 bits per heavy atom. The Morgan fingerprint density at radius 2 is 1.71 bits per heavy atom. The summed E-state index contributed by atoms with van der Waals surface area (Å²) >= 11 is 0. The molecule has 0 spiro atoms. The van der Waals surface area contributed by atoms with Crippen LogP contribution in [0.4, 0.5) is 0 Å². The minimum absolute atomic E-state index is 0.0467. The SMILES string of the molecule is CC[C@@H](C)[C@H](O)C(=O)O[C@H]1[C@H](O)[C@H]2[C@](C)([C@@H]3C(=O)C[C@@H](c4ccoc4)[C@@]31C)[C@H](O)C[C@H]1C(C)(C)OC(=O)C[C@H](OC(C)=O)[C@]21C. The van der Waals surface area contributed by atoms with Gasteiger partial charge in [0.05, 0.1) is 31.2 Å². The fourth-order valence-electron chi connectivity index (χ4n) is 10.3. The van der Waals surface area contributed by atoms with E-state index in [0.717, 1.165) is 0 Å². The third-order valence-corrected chi connectivity index (χ3v) is 12.4. The first kappa shape index (κ1) is 33.6. The molecule has 11 nitrogen and oxygen atoms in total. The van der Waals surface area contributed by atoms with Gasteiger partial charge in [-0.1, -0.05) is 41.0 Å².